The summed E-state index contributed by atoms with van der Waals surface area (Å²) in [5, 5.41) is 22.2. The monoisotopic (exact) mass is 210 g/mol. The number of nitrogens with two attached hydrogens (primary N) is 1. The molecule has 0 unspecified atom stereocenters. The van der Waals surface area contributed by atoms with Crippen LogP contribution in [0.15, 0.2) is 33.8 Å². The van der Waals surface area contributed by atoms with Gasteiger partial charge < -0.3 is 15.9 Å². The van der Waals surface area contributed by atoms with Crippen LogP contribution in [0.2, 0.25) is 0 Å². The number of nitrogens with zero attached hydrogens (tertiary/aromatic N) is 2. The highest BCUT2D eigenvalue weighted by Crippen LogP contribution is 2.17. The summed E-state index contributed by atoms with van der Waals surface area (Å²) in [6.45, 7) is 0. The number of aliphatic hydroxyl groups is 2. The molecule has 1 atom stereocenters. The van der Waals surface area contributed by atoms with Crippen LogP contribution in [-0.2, 0) is 0 Å². The summed E-state index contributed by atoms with van der Waals surface area (Å²) in [6, 6.07) is 0. The number of hydrogen-bond donors (Lipinski definition) is 4. The topological polar surface area (TPSA) is 103 Å². The summed E-state index contributed by atoms with van der Waals surface area (Å²) < 4.78 is 0. The Hall–Kier alpha value is -1.98. The van der Waals surface area contributed by atoms with Crippen LogP contribution in [0.5, 0.6) is 0 Å². The van der Waals surface area contributed by atoms with E-state index in [1.807, 2.05) is 0 Å². The van der Waals surface area contributed by atoms with Crippen molar-refractivity contribution < 1.29 is 10.2 Å². The van der Waals surface area contributed by atoms with E-state index in [0.717, 1.165) is 0 Å². The summed E-state index contributed by atoms with van der Waals surface area (Å²) in [4.78, 5) is 3.65. The minimum Gasteiger partial charge on any atom is -0.512 e. The van der Waals surface area contributed by atoms with E-state index in [1.54, 1.807) is 13.1 Å². The van der Waals surface area contributed by atoms with Gasteiger partial charge in [0.1, 0.15) is 5.76 Å². The summed E-state index contributed by atoms with van der Waals surface area (Å²) in [5.74, 6) is 0.220. The standard InChI is InChI=1S/C9H14N4O2/c1-11-9(10)13-12-5-6-2-7(14)4-8(15)3-6/h2,4-6,14-15H,3H2,1H3,(H3,10,11,13)/b12-5+/t6-/m1/s1. The second-order valence-electron chi connectivity index (χ2n) is 3.09. The number of aliphatic imine (C=N–C) groups is 1. The molecule has 1 aliphatic carbocycles. The van der Waals surface area contributed by atoms with Gasteiger partial charge in [0.25, 0.3) is 0 Å². The average molecular weight is 210 g/mol. The highest BCUT2D eigenvalue weighted by Gasteiger charge is 2.12. The molecule has 0 aliphatic heterocycles. The molecule has 0 heterocycles. The summed E-state index contributed by atoms with van der Waals surface area (Å²) >= 11 is 0. The largest absolute Gasteiger partial charge is 0.512 e. The predicted molar refractivity (Wildman–Crippen MR) is 58.7 cm³/mol. The number of nitrogens with one attached hydrogen (secondary N) is 1. The van der Waals surface area contributed by atoms with Gasteiger partial charge in [-0.25, -0.2) is 5.43 Å². The summed E-state index contributed by atoms with van der Waals surface area (Å²) in [6.07, 6.45) is 4.85. The van der Waals surface area contributed by atoms with Crippen molar-refractivity contribution in [1.29, 1.82) is 0 Å². The second-order valence-corrected chi connectivity index (χ2v) is 3.09. The molecule has 82 valence electrons. The van der Waals surface area contributed by atoms with Gasteiger partial charge in [-0.05, 0) is 6.08 Å². The Kier molecular flexibility index (Phi) is 3.73. The molecule has 0 bridgehead atoms. The molecule has 0 aromatic rings. The molecule has 6 heteroatoms. The first-order valence-corrected chi connectivity index (χ1v) is 4.43. The Labute approximate surface area is 87.5 Å². The van der Waals surface area contributed by atoms with E-state index in [0.29, 0.717) is 6.42 Å². The Morgan fingerprint density at radius 3 is 3.00 bits per heavy atom. The Morgan fingerprint density at radius 2 is 2.40 bits per heavy atom. The highest BCUT2D eigenvalue weighted by atomic mass is 16.3. The van der Waals surface area contributed by atoms with Gasteiger partial charge in [0.05, 0.1) is 5.76 Å². The molecular weight excluding hydrogens is 196 g/mol. The average Bonchev–Trinajstić information content (AvgIpc) is 2.16. The van der Waals surface area contributed by atoms with Gasteiger partial charge in [-0.2, -0.15) is 5.10 Å². The normalized spacial score (nSPS) is 22.5. The third-order valence-corrected chi connectivity index (χ3v) is 1.83. The van der Waals surface area contributed by atoms with E-state index in [-0.39, 0.29) is 23.4 Å². The lowest BCUT2D eigenvalue weighted by atomic mass is 10.00. The molecule has 1 rings (SSSR count). The van der Waals surface area contributed by atoms with Gasteiger partial charge in [0, 0.05) is 31.7 Å². The minimum absolute atomic E-state index is 0.0346. The van der Waals surface area contributed by atoms with E-state index >= 15 is 0 Å². The number of hydrazone groups is 1. The fraction of sp³-hybridized carbons (Fsp3) is 0.333. The van der Waals surface area contributed by atoms with Crippen molar-refractivity contribution in [1.82, 2.24) is 5.43 Å². The van der Waals surface area contributed by atoms with E-state index in [4.69, 9.17) is 5.73 Å². The summed E-state index contributed by atoms with van der Waals surface area (Å²) in [5.41, 5.74) is 7.84. The highest BCUT2D eigenvalue weighted by molar-refractivity contribution is 5.78. The summed E-state index contributed by atoms with van der Waals surface area (Å²) in [7, 11) is 1.54. The van der Waals surface area contributed by atoms with Crippen LogP contribution < -0.4 is 11.2 Å². The fourth-order valence-corrected chi connectivity index (χ4v) is 1.14. The van der Waals surface area contributed by atoms with Crippen molar-refractivity contribution in [2.75, 3.05) is 7.05 Å². The molecule has 0 fully saturated rings. The Morgan fingerprint density at radius 1 is 1.67 bits per heavy atom. The number of guanidine groups is 1. The first-order valence-electron chi connectivity index (χ1n) is 4.43. The minimum atomic E-state index is -0.146. The molecule has 0 aromatic heterocycles. The molecule has 0 aromatic carbocycles. The zero-order chi connectivity index (χ0) is 11.3. The smallest absolute Gasteiger partial charge is 0.209 e. The van der Waals surface area contributed by atoms with Crippen molar-refractivity contribution in [2.24, 2.45) is 21.7 Å². The van der Waals surface area contributed by atoms with E-state index < -0.39 is 0 Å². The molecule has 0 saturated heterocycles. The first kappa shape index (κ1) is 11.1. The SMILES string of the molecule is CN=C(N)N/N=C/[C@@H]1C=C(O)C=C(O)C1. The van der Waals surface area contributed by atoms with E-state index in [9.17, 15) is 10.2 Å². The van der Waals surface area contributed by atoms with Crippen LogP contribution in [0.1, 0.15) is 6.42 Å². The van der Waals surface area contributed by atoms with Crippen molar-refractivity contribution in [3.63, 3.8) is 0 Å². The van der Waals surface area contributed by atoms with Crippen molar-refractivity contribution >= 4 is 12.2 Å². The maximum absolute atomic E-state index is 9.23. The number of aliphatic hydroxyl groups excluding tert-OH is 2. The zero-order valence-electron chi connectivity index (χ0n) is 8.38. The quantitative estimate of drug-likeness (QED) is 0.301. The van der Waals surface area contributed by atoms with Crippen molar-refractivity contribution in [2.45, 2.75) is 6.42 Å². The van der Waals surface area contributed by atoms with E-state index in [1.165, 1.54) is 12.3 Å². The zero-order valence-corrected chi connectivity index (χ0v) is 8.38. The van der Waals surface area contributed by atoms with E-state index in [2.05, 4.69) is 15.5 Å². The molecule has 0 spiro atoms. The molecular formula is C9H14N4O2. The number of hydrogen-bond acceptors (Lipinski definition) is 4. The van der Waals surface area contributed by atoms with Gasteiger partial charge >= 0.3 is 0 Å². The third kappa shape index (κ3) is 3.72. The van der Waals surface area contributed by atoms with Gasteiger partial charge in [0.15, 0.2) is 0 Å². The molecule has 0 saturated carbocycles. The maximum Gasteiger partial charge on any atom is 0.209 e. The predicted octanol–water partition coefficient (Wildman–Crippen LogP) is 0.410. The van der Waals surface area contributed by atoms with Gasteiger partial charge in [0.2, 0.25) is 5.96 Å². The van der Waals surface area contributed by atoms with Crippen LogP contribution in [0, 0.1) is 5.92 Å². The Balaban J connectivity index is 2.51. The van der Waals surface area contributed by atoms with Crippen LogP contribution in [0.25, 0.3) is 0 Å². The molecule has 6 nitrogen and oxygen atoms in total. The van der Waals surface area contributed by atoms with Crippen LogP contribution in [-0.4, -0.2) is 29.4 Å². The fourth-order valence-electron chi connectivity index (χ4n) is 1.14. The Bertz CT molecular complexity index is 344. The molecule has 1 aliphatic rings. The van der Waals surface area contributed by atoms with Crippen LogP contribution in [0.3, 0.4) is 0 Å². The van der Waals surface area contributed by atoms with Crippen molar-refractivity contribution in [3.8, 4) is 0 Å². The van der Waals surface area contributed by atoms with Crippen molar-refractivity contribution in [3.05, 3.63) is 23.7 Å². The van der Waals surface area contributed by atoms with Crippen LogP contribution in [0.4, 0.5) is 0 Å². The number of rotatable bonds is 2. The van der Waals surface area contributed by atoms with Gasteiger partial charge in [-0.3, -0.25) is 4.99 Å². The first-order chi connectivity index (χ1) is 7.11. The molecule has 0 amide bonds. The second kappa shape index (κ2) is 5.04. The maximum atomic E-state index is 9.23. The number of allylic oxidation sites excluding steroid dienone is 3. The molecule has 5 N–H and O–H groups in total. The van der Waals surface area contributed by atoms with Gasteiger partial charge in [-0.15, -0.1) is 0 Å². The molecule has 15 heavy (non-hydrogen) atoms. The van der Waals surface area contributed by atoms with Crippen LogP contribution >= 0.6 is 0 Å². The lowest BCUT2D eigenvalue weighted by molar-refractivity contribution is 0.355. The lowest BCUT2D eigenvalue weighted by Crippen LogP contribution is -2.27. The third-order valence-electron chi connectivity index (χ3n) is 1.83. The van der Waals surface area contributed by atoms with Gasteiger partial charge in [-0.1, -0.05) is 0 Å². The lowest BCUT2D eigenvalue weighted by Gasteiger charge is -2.11. The molecule has 0 radical (unpaired) electrons.